The van der Waals surface area contributed by atoms with Gasteiger partial charge >= 0.3 is 0 Å². The monoisotopic (exact) mass is 504 g/mol. The average Bonchev–Trinajstić information content (AvgIpc) is 3.12. The molecule has 0 spiro atoms. The minimum absolute atomic E-state index is 0.132. The first-order valence-electron chi connectivity index (χ1n) is 11.2. The predicted octanol–water partition coefficient (Wildman–Crippen LogP) is 3.86. The van der Waals surface area contributed by atoms with Crippen LogP contribution in [0.5, 0.6) is 0 Å². The fraction of sp³-hybridized carbons (Fsp3) is 0.417. The molecule has 2 aromatic rings. The maximum Gasteiger partial charge on any atom is 0.243 e. The van der Waals surface area contributed by atoms with Crippen molar-refractivity contribution >= 4 is 53.3 Å². The van der Waals surface area contributed by atoms with E-state index in [2.05, 4.69) is 38.2 Å². The molecule has 3 aliphatic heterocycles. The van der Waals surface area contributed by atoms with Crippen molar-refractivity contribution in [3.8, 4) is 0 Å². The van der Waals surface area contributed by atoms with E-state index in [9.17, 15) is 9.59 Å². The lowest BCUT2D eigenvalue weighted by atomic mass is 10.0. The third-order valence-electron chi connectivity index (χ3n) is 6.81. The average molecular weight is 505 g/mol. The summed E-state index contributed by atoms with van der Waals surface area (Å²) in [5, 5.41) is 3.50. The molecule has 2 unspecified atom stereocenters. The molecule has 1 N–H and O–H groups in total. The molecule has 0 radical (unpaired) electrons. The molecule has 2 atom stereocenters. The molecule has 3 aliphatic rings. The molecular formula is C24H26Cl2N4O2S. The first-order valence-corrected chi connectivity index (χ1v) is 12.5. The van der Waals surface area contributed by atoms with Gasteiger partial charge in [0.05, 0.1) is 21.5 Å². The van der Waals surface area contributed by atoms with Crippen LogP contribution in [0.15, 0.2) is 36.4 Å². The van der Waals surface area contributed by atoms with Gasteiger partial charge in [-0.3, -0.25) is 24.7 Å². The number of thiol groups is 1. The number of anilines is 1. The van der Waals surface area contributed by atoms with E-state index in [1.165, 1.54) is 11.1 Å². The van der Waals surface area contributed by atoms with E-state index in [-0.39, 0.29) is 23.2 Å². The van der Waals surface area contributed by atoms with Gasteiger partial charge in [-0.05, 0) is 41.3 Å². The van der Waals surface area contributed by atoms with Gasteiger partial charge in [0.25, 0.3) is 0 Å². The van der Waals surface area contributed by atoms with Crippen LogP contribution in [-0.2, 0) is 22.7 Å². The number of piperazine rings is 1. The van der Waals surface area contributed by atoms with Gasteiger partial charge in [0.2, 0.25) is 11.8 Å². The molecule has 0 bridgehead atoms. The third kappa shape index (κ3) is 4.75. The number of rotatable bonds is 4. The van der Waals surface area contributed by atoms with E-state index < -0.39 is 0 Å². The second-order valence-electron chi connectivity index (χ2n) is 8.91. The van der Waals surface area contributed by atoms with Gasteiger partial charge in [0.15, 0.2) is 0 Å². The number of imide groups is 1. The van der Waals surface area contributed by atoms with Crippen molar-refractivity contribution in [2.24, 2.45) is 0 Å². The fourth-order valence-corrected chi connectivity index (χ4v) is 5.78. The maximum absolute atomic E-state index is 12.4. The Balaban J connectivity index is 1.20. The molecular weight excluding hydrogens is 479 g/mol. The number of carbonyl (C=O) groups is 2. The number of fused-ring (bicyclic) bond motifs is 1. The SMILES string of the molecule is O=C1CCC(N2Cc3cc(CN4CCN(c5ccc(Cl)c(Cl)c5)CC4)ccc3C2S)C(=O)N1. The lowest BCUT2D eigenvalue weighted by molar-refractivity contribution is -0.137. The molecule has 0 saturated carbocycles. The van der Waals surface area contributed by atoms with E-state index in [1.807, 2.05) is 18.2 Å². The van der Waals surface area contributed by atoms with Crippen molar-refractivity contribution < 1.29 is 9.59 Å². The Kier molecular flexibility index (Phi) is 6.60. The number of piperidine rings is 1. The van der Waals surface area contributed by atoms with Crippen molar-refractivity contribution in [2.75, 3.05) is 31.1 Å². The second-order valence-corrected chi connectivity index (χ2v) is 10.2. The van der Waals surface area contributed by atoms with Gasteiger partial charge in [-0.1, -0.05) is 41.4 Å². The maximum atomic E-state index is 12.4. The molecule has 5 rings (SSSR count). The van der Waals surface area contributed by atoms with Gasteiger partial charge in [0.1, 0.15) is 0 Å². The van der Waals surface area contributed by atoms with E-state index >= 15 is 0 Å². The molecule has 6 nitrogen and oxygen atoms in total. The lowest BCUT2D eigenvalue weighted by Crippen LogP contribution is -2.51. The van der Waals surface area contributed by atoms with Crippen LogP contribution in [0.1, 0.15) is 34.9 Å². The van der Waals surface area contributed by atoms with Crippen LogP contribution in [-0.4, -0.2) is 53.8 Å². The van der Waals surface area contributed by atoms with Crippen LogP contribution in [0, 0.1) is 0 Å². The Morgan fingerprint density at radius 1 is 1.00 bits per heavy atom. The standard InChI is InChI=1S/C24H26Cl2N4O2S/c25-19-4-2-17(12-20(19)26)29-9-7-28(8-10-29)13-15-1-3-18-16(11-15)14-30(24(18)33)21-5-6-22(31)27-23(21)32/h1-4,11-12,21,24,33H,5-10,13-14H2,(H,27,31,32). The summed E-state index contributed by atoms with van der Waals surface area (Å²) in [4.78, 5) is 30.7. The first-order chi connectivity index (χ1) is 15.9. The highest BCUT2D eigenvalue weighted by Crippen LogP contribution is 2.39. The van der Waals surface area contributed by atoms with E-state index in [0.29, 0.717) is 29.4 Å². The van der Waals surface area contributed by atoms with Crippen LogP contribution in [0.3, 0.4) is 0 Å². The Morgan fingerprint density at radius 3 is 2.52 bits per heavy atom. The summed E-state index contributed by atoms with van der Waals surface area (Å²) in [6.45, 7) is 5.37. The van der Waals surface area contributed by atoms with Crippen molar-refractivity contribution in [1.29, 1.82) is 0 Å². The van der Waals surface area contributed by atoms with Gasteiger partial charge in [-0.2, -0.15) is 12.6 Å². The number of carbonyl (C=O) groups excluding carboxylic acids is 2. The van der Waals surface area contributed by atoms with Crippen molar-refractivity contribution in [3.63, 3.8) is 0 Å². The molecule has 9 heteroatoms. The van der Waals surface area contributed by atoms with Crippen LogP contribution >= 0.6 is 35.8 Å². The van der Waals surface area contributed by atoms with E-state index in [0.717, 1.165) is 44.0 Å². The summed E-state index contributed by atoms with van der Waals surface area (Å²) < 4.78 is 0. The molecule has 0 aliphatic carbocycles. The number of halogens is 2. The lowest BCUT2D eigenvalue weighted by Gasteiger charge is -2.36. The zero-order valence-electron chi connectivity index (χ0n) is 18.1. The molecule has 0 aromatic heterocycles. The van der Waals surface area contributed by atoms with E-state index in [4.69, 9.17) is 35.8 Å². The Morgan fingerprint density at radius 2 is 1.79 bits per heavy atom. The second kappa shape index (κ2) is 9.47. The highest BCUT2D eigenvalue weighted by Gasteiger charge is 2.39. The summed E-state index contributed by atoms with van der Waals surface area (Å²) in [5.74, 6) is -0.400. The Labute approximate surface area is 209 Å². The number of benzene rings is 2. The Hall–Kier alpha value is -1.77. The first kappa shape index (κ1) is 23.0. The number of nitrogens with one attached hydrogen (secondary N) is 1. The van der Waals surface area contributed by atoms with E-state index in [1.54, 1.807) is 0 Å². The van der Waals surface area contributed by atoms with Crippen molar-refractivity contribution in [1.82, 2.24) is 15.1 Å². The van der Waals surface area contributed by atoms with Gasteiger partial charge in [0, 0.05) is 51.4 Å². The number of nitrogens with zero attached hydrogens (tertiary/aromatic N) is 3. The normalized spacial score (nSPS) is 24.2. The van der Waals surface area contributed by atoms with Crippen molar-refractivity contribution in [3.05, 3.63) is 63.1 Å². The zero-order chi connectivity index (χ0) is 23.1. The van der Waals surface area contributed by atoms with Crippen LogP contribution in [0.2, 0.25) is 10.0 Å². The molecule has 33 heavy (non-hydrogen) atoms. The molecule has 174 valence electrons. The van der Waals surface area contributed by atoms with Crippen LogP contribution < -0.4 is 10.2 Å². The highest BCUT2D eigenvalue weighted by atomic mass is 35.5. The fourth-order valence-electron chi connectivity index (χ4n) is 4.99. The quantitative estimate of drug-likeness (QED) is 0.488. The summed E-state index contributed by atoms with van der Waals surface area (Å²) in [6, 6.07) is 12.0. The molecule has 2 fully saturated rings. The number of hydrogen-bond acceptors (Lipinski definition) is 6. The molecule has 2 saturated heterocycles. The van der Waals surface area contributed by atoms with Gasteiger partial charge in [-0.25, -0.2) is 0 Å². The van der Waals surface area contributed by atoms with Gasteiger partial charge < -0.3 is 4.90 Å². The molecule has 2 amide bonds. The minimum Gasteiger partial charge on any atom is -0.369 e. The van der Waals surface area contributed by atoms with Gasteiger partial charge in [-0.15, -0.1) is 0 Å². The molecule has 2 aromatic carbocycles. The number of amides is 2. The molecule has 3 heterocycles. The highest BCUT2D eigenvalue weighted by molar-refractivity contribution is 7.80. The number of hydrogen-bond donors (Lipinski definition) is 2. The Bertz CT molecular complexity index is 1090. The zero-order valence-corrected chi connectivity index (χ0v) is 20.5. The summed E-state index contributed by atoms with van der Waals surface area (Å²) in [6.07, 6.45) is 0.925. The summed E-state index contributed by atoms with van der Waals surface area (Å²) in [7, 11) is 0. The van der Waals surface area contributed by atoms with Crippen LogP contribution in [0.25, 0.3) is 0 Å². The van der Waals surface area contributed by atoms with Crippen molar-refractivity contribution in [2.45, 2.75) is 37.3 Å². The summed E-state index contributed by atoms with van der Waals surface area (Å²) in [5.41, 5.74) is 4.74. The largest absolute Gasteiger partial charge is 0.369 e. The summed E-state index contributed by atoms with van der Waals surface area (Å²) >= 11 is 17.0. The smallest absolute Gasteiger partial charge is 0.243 e. The predicted molar refractivity (Wildman–Crippen MR) is 134 cm³/mol. The topological polar surface area (TPSA) is 55.9 Å². The minimum atomic E-state index is -0.310. The third-order valence-corrected chi connectivity index (χ3v) is 8.12. The van der Waals surface area contributed by atoms with Crippen LogP contribution in [0.4, 0.5) is 5.69 Å².